The largest absolute Gasteiger partial charge is 0.376 e. The third kappa shape index (κ3) is 2.77. The van der Waals surface area contributed by atoms with E-state index in [0.717, 1.165) is 23.0 Å². The highest BCUT2D eigenvalue weighted by molar-refractivity contribution is 5.77. The Balaban J connectivity index is 2.31. The molecule has 18 heavy (non-hydrogen) atoms. The van der Waals surface area contributed by atoms with Gasteiger partial charge in [-0.2, -0.15) is 0 Å². The molecule has 0 spiro atoms. The molecule has 1 heterocycles. The first kappa shape index (κ1) is 12.8. The van der Waals surface area contributed by atoms with E-state index in [2.05, 4.69) is 18.2 Å². The second-order valence-electron chi connectivity index (χ2n) is 4.77. The van der Waals surface area contributed by atoms with Crippen molar-refractivity contribution in [1.29, 1.82) is 0 Å². The average Bonchev–Trinajstić information content (AvgIpc) is 2.79. The smallest absolute Gasteiger partial charge is 0.146 e. The zero-order chi connectivity index (χ0) is 13.0. The van der Waals surface area contributed by atoms with Crippen LogP contribution in [0.1, 0.15) is 19.4 Å². The molecule has 2 rings (SSSR count). The van der Waals surface area contributed by atoms with Crippen molar-refractivity contribution in [3.05, 3.63) is 52.6 Å². The van der Waals surface area contributed by atoms with Crippen LogP contribution in [-0.2, 0) is 9.53 Å². The summed E-state index contributed by atoms with van der Waals surface area (Å²) in [5, 5.41) is 0. The van der Waals surface area contributed by atoms with Crippen molar-refractivity contribution in [1.82, 2.24) is 0 Å². The van der Waals surface area contributed by atoms with E-state index in [4.69, 9.17) is 4.74 Å². The van der Waals surface area contributed by atoms with Crippen LogP contribution in [0.15, 0.2) is 47.1 Å². The second kappa shape index (κ2) is 5.78. The normalized spacial score (nSPS) is 21.0. The third-order valence-corrected chi connectivity index (χ3v) is 3.23. The van der Waals surface area contributed by atoms with Gasteiger partial charge in [-0.05, 0) is 25.0 Å². The summed E-state index contributed by atoms with van der Waals surface area (Å²) in [7, 11) is 0. The molecule has 0 amide bonds. The lowest BCUT2D eigenvalue weighted by Gasteiger charge is -2.12. The Kier molecular flexibility index (Phi) is 4.11. The molecule has 2 nitrogen and oxygen atoms in total. The Morgan fingerprint density at radius 3 is 2.61 bits per heavy atom. The van der Waals surface area contributed by atoms with Gasteiger partial charge < -0.3 is 4.74 Å². The highest BCUT2D eigenvalue weighted by atomic mass is 16.5. The number of rotatable bonds is 3. The molecule has 0 aromatic heterocycles. The lowest BCUT2D eigenvalue weighted by atomic mass is 9.90. The van der Waals surface area contributed by atoms with E-state index in [1.807, 2.05) is 32.0 Å². The molecule has 1 saturated heterocycles. The molecule has 0 bridgehead atoms. The lowest BCUT2D eigenvalue weighted by molar-refractivity contribution is -0.105. The Morgan fingerprint density at radius 2 is 2.00 bits per heavy atom. The van der Waals surface area contributed by atoms with Crippen molar-refractivity contribution in [2.75, 3.05) is 13.2 Å². The summed E-state index contributed by atoms with van der Waals surface area (Å²) in [6.45, 7) is 5.17. The number of carbonyl (C=O) groups excluding carboxylic acids is 1. The van der Waals surface area contributed by atoms with Gasteiger partial charge in [-0.3, -0.25) is 4.79 Å². The average molecular weight is 242 g/mol. The van der Waals surface area contributed by atoms with Crippen molar-refractivity contribution in [3.63, 3.8) is 0 Å². The molecule has 0 radical (unpaired) electrons. The van der Waals surface area contributed by atoms with E-state index in [9.17, 15) is 4.79 Å². The van der Waals surface area contributed by atoms with Crippen LogP contribution in [0.4, 0.5) is 0 Å². The number of ether oxygens (including phenoxy) is 1. The van der Waals surface area contributed by atoms with Gasteiger partial charge in [0, 0.05) is 11.5 Å². The van der Waals surface area contributed by atoms with Gasteiger partial charge in [0.2, 0.25) is 0 Å². The SMILES string of the molecule is CC(C)=C(C=O)C1COC/C1=C\c1ccccc1. The van der Waals surface area contributed by atoms with E-state index in [-0.39, 0.29) is 5.92 Å². The first-order valence-electron chi connectivity index (χ1n) is 6.18. The summed E-state index contributed by atoms with van der Waals surface area (Å²) in [5.74, 6) is 0.118. The van der Waals surface area contributed by atoms with Crippen molar-refractivity contribution in [2.24, 2.45) is 5.92 Å². The van der Waals surface area contributed by atoms with Crippen molar-refractivity contribution < 1.29 is 9.53 Å². The lowest BCUT2D eigenvalue weighted by Crippen LogP contribution is -2.09. The van der Waals surface area contributed by atoms with Crippen LogP contribution in [0, 0.1) is 5.92 Å². The van der Waals surface area contributed by atoms with Crippen molar-refractivity contribution >= 4 is 12.4 Å². The van der Waals surface area contributed by atoms with Gasteiger partial charge in [-0.25, -0.2) is 0 Å². The van der Waals surface area contributed by atoms with E-state index >= 15 is 0 Å². The molecule has 1 aromatic carbocycles. The number of benzene rings is 1. The number of aldehydes is 1. The molecule has 1 aliphatic heterocycles. The minimum absolute atomic E-state index is 0.118. The molecule has 2 heteroatoms. The van der Waals surface area contributed by atoms with E-state index in [1.54, 1.807) is 0 Å². The minimum atomic E-state index is 0.118. The van der Waals surface area contributed by atoms with Gasteiger partial charge in [-0.1, -0.05) is 42.0 Å². The molecule has 0 saturated carbocycles. The molecular weight excluding hydrogens is 224 g/mol. The van der Waals surface area contributed by atoms with E-state index in [0.29, 0.717) is 13.2 Å². The van der Waals surface area contributed by atoms with E-state index in [1.165, 1.54) is 5.57 Å². The fourth-order valence-corrected chi connectivity index (χ4v) is 2.25. The number of hydrogen-bond acceptors (Lipinski definition) is 2. The number of hydrogen-bond donors (Lipinski definition) is 0. The summed E-state index contributed by atoms with van der Waals surface area (Å²) in [6, 6.07) is 10.1. The summed E-state index contributed by atoms with van der Waals surface area (Å²) in [6.07, 6.45) is 3.09. The van der Waals surface area contributed by atoms with Crippen LogP contribution in [0.2, 0.25) is 0 Å². The predicted octanol–water partition coefficient (Wildman–Crippen LogP) is 3.25. The van der Waals surface area contributed by atoms with Gasteiger partial charge in [-0.15, -0.1) is 0 Å². The zero-order valence-corrected chi connectivity index (χ0v) is 10.8. The number of allylic oxidation sites excluding steroid dienone is 1. The first-order chi connectivity index (χ1) is 8.72. The summed E-state index contributed by atoms with van der Waals surface area (Å²) in [5.41, 5.74) is 4.26. The minimum Gasteiger partial charge on any atom is -0.376 e. The number of carbonyl (C=O) groups is 1. The molecule has 1 aliphatic rings. The van der Waals surface area contributed by atoms with Crippen LogP contribution >= 0.6 is 0 Å². The maximum atomic E-state index is 11.2. The predicted molar refractivity (Wildman–Crippen MR) is 73.2 cm³/mol. The maximum absolute atomic E-state index is 11.2. The van der Waals surface area contributed by atoms with Crippen LogP contribution in [-0.4, -0.2) is 19.5 Å². The molecule has 1 atom stereocenters. The molecule has 1 unspecified atom stereocenters. The third-order valence-electron chi connectivity index (χ3n) is 3.23. The van der Waals surface area contributed by atoms with Gasteiger partial charge in [0.05, 0.1) is 13.2 Å². The Morgan fingerprint density at radius 1 is 1.28 bits per heavy atom. The highest BCUT2D eigenvalue weighted by Crippen LogP contribution is 2.29. The fraction of sp³-hybridized carbons (Fsp3) is 0.312. The van der Waals surface area contributed by atoms with Gasteiger partial charge in [0.25, 0.3) is 0 Å². The van der Waals surface area contributed by atoms with Gasteiger partial charge in [0.1, 0.15) is 6.29 Å². The molecule has 0 N–H and O–H groups in total. The quantitative estimate of drug-likeness (QED) is 0.600. The summed E-state index contributed by atoms with van der Waals surface area (Å²) < 4.78 is 5.51. The van der Waals surface area contributed by atoms with Crippen LogP contribution < -0.4 is 0 Å². The fourth-order valence-electron chi connectivity index (χ4n) is 2.25. The Bertz CT molecular complexity index is 479. The van der Waals surface area contributed by atoms with Crippen LogP contribution in [0.5, 0.6) is 0 Å². The molecule has 1 fully saturated rings. The maximum Gasteiger partial charge on any atom is 0.146 e. The monoisotopic (exact) mass is 242 g/mol. The van der Waals surface area contributed by atoms with E-state index < -0.39 is 0 Å². The molecular formula is C16H18O2. The standard InChI is InChI=1S/C16H18O2/c1-12(2)15(9-17)16-11-18-10-14(16)8-13-6-4-3-5-7-13/h3-9,16H,10-11H2,1-2H3/b14-8+. The molecule has 0 aliphatic carbocycles. The van der Waals surface area contributed by atoms with Gasteiger partial charge in [0.15, 0.2) is 0 Å². The molecule has 1 aromatic rings. The first-order valence-corrected chi connectivity index (χ1v) is 6.18. The van der Waals surface area contributed by atoms with Crippen LogP contribution in [0.3, 0.4) is 0 Å². The highest BCUT2D eigenvalue weighted by Gasteiger charge is 2.25. The van der Waals surface area contributed by atoms with Crippen LogP contribution in [0.25, 0.3) is 6.08 Å². The Labute approximate surface area is 108 Å². The van der Waals surface area contributed by atoms with Crippen molar-refractivity contribution in [3.8, 4) is 0 Å². The summed E-state index contributed by atoms with van der Waals surface area (Å²) in [4.78, 5) is 11.2. The van der Waals surface area contributed by atoms with Gasteiger partial charge >= 0.3 is 0 Å². The summed E-state index contributed by atoms with van der Waals surface area (Å²) >= 11 is 0. The Hall–Kier alpha value is -1.67. The topological polar surface area (TPSA) is 26.3 Å². The second-order valence-corrected chi connectivity index (χ2v) is 4.77. The molecule has 94 valence electrons. The van der Waals surface area contributed by atoms with Crippen molar-refractivity contribution in [2.45, 2.75) is 13.8 Å². The zero-order valence-electron chi connectivity index (χ0n) is 10.8.